The number of nitrogens with zero attached hydrogens (tertiary/aromatic N) is 3. The second kappa shape index (κ2) is 5.47. The summed E-state index contributed by atoms with van der Waals surface area (Å²) in [6.07, 6.45) is 4.52. The SMILES string of the molecule is CN(Cc1ccc(N)nc1)CC1CCCN1C. The molecule has 17 heavy (non-hydrogen) atoms. The molecule has 0 radical (unpaired) electrons. The molecule has 1 unspecified atom stereocenters. The van der Waals surface area contributed by atoms with Crippen LogP contribution in [0.4, 0.5) is 5.82 Å². The minimum absolute atomic E-state index is 0.590. The van der Waals surface area contributed by atoms with Crippen LogP contribution in [0.25, 0.3) is 0 Å². The Labute approximate surface area is 103 Å². The molecular formula is C13H22N4. The maximum atomic E-state index is 5.58. The minimum atomic E-state index is 0.590. The average Bonchev–Trinajstić information content (AvgIpc) is 2.68. The Bertz CT molecular complexity index is 349. The quantitative estimate of drug-likeness (QED) is 0.850. The molecule has 1 fully saturated rings. The highest BCUT2D eigenvalue weighted by atomic mass is 15.2. The predicted octanol–water partition coefficient (Wildman–Crippen LogP) is 1.19. The molecule has 2 rings (SSSR count). The molecule has 2 heterocycles. The van der Waals surface area contributed by atoms with E-state index in [4.69, 9.17) is 5.73 Å². The zero-order chi connectivity index (χ0) is 12.3. The van der Waals surface area contributed by atoms with Crippen molar-refractivity contribution < 1.29 is 0 Å². The largest absolute Gasteiger partial charge is 0.384 e. The van der Waals surface area contributed by atoms with Crippen molar-refractivity contribution in [2.24, 2.45) is 0 Å². The Morgan fingerprint density at radius 3 is 2.94 bits per heavy atom. The minimum Gasteiger partial charge on any atom is -0.384 e. The molecule has 1 atom stereocenters. The number of hydrogen-bond acceptors (Lipinski definition) is 4. The van der Waals surface area contributed by atoms with E-state index in [1.54, 1.807) is 0 Å². The van der Waals surface area contributed by atoms with Gasteiger partial charge in [0.2, 0.25) is 0 Å². The summed E-state index contributed by atoms with van der Waals surface area (Å²) in [5.41, 5.74) is 6.80. The Hall–Kier alpha value is -1.13. The normalized spacial score (nSPS) is 21.2. The molecule has 94 valence electrons. The number of rotatable bonds is 4. The fourth-order valence-electron chi connectivity index (χ4n) is 2.48. The number of likely N-dealkylation sites (N-methyl/N-ethyl adjacent to an activating group) is 2. The van der Waals surface area contributed by atoms with Crippen molar-refractivity contribution in [3.05, 3.63) is 23.9 Å². The number of likely N-dealkylation sites (tertiary alicyclic amines) is 1. The van der Waals surface area contributed by atoms with Gasteiger partial charge in [-0.3, -0.25) is 0 Å². The maximum absolute atomic E-state index is 5.58. The van der Waals surface area contributed by atoms with Crippen molar-refractivity contribution in [1.82, 2.24) is 14.8 Å². The Balaban J connectivity index is 1.84. The Morgan fingerprint density at radius 2 is 2.35 bits per heavy atom. The second-order valence-electron chi connectivity index (χ2n) is 5.06. The fourth-order valence-corrected chi connectivity index (χ4v) is 2.48. The molecule has 1 saturated heterocycles. The first-order valence-electron chi connectivity index (χ1n) is 6.24. The molecule has 0 amide bonds. The van der Waals surface area contributed by atoms with Gasteiger partial charge in [-0.15, -0.1) is 0 Å². The summed E-state index contributed by atoms with van der Waals surface area (Å²) in [5, 5.41) is 0. The van der Waals surface area contributed by atoms with Crippen molar-refractivity contribution in [1.29, 1.82) is 0 Å². The molecule has 0 bridgehead atoms. The van der Waals surface area contributed by atoms with Gasteiger partial charge < -0.3 is 15.5 Å². The van der Waals surface area contributed by atoms with Crippen molar-refractivity contribution in [3.8, 4) is 0 Å². The molecule has 1 aliphatic rings. The summed E-state index contributed by atoms with van der Waals surface area (Å²) in [6, 6.07) is 4.63. The Kier molecular flexibility index (Phi) is 3.97. The lowest BCUT2D eigenvalue weighted by Crippen LogP contribution is -2.36. The molecule has 4 nitrogen and oxygen atoms in total. The summed E-state index contributed by atoms with van der Waals surface area (Å²) in [5.74, 6) is 0.590. The van der Waals surface area contributed by atoms with Gasteiger partial charge in [0.1, 0.15) is 5.82 Å². The smallest absolute Gasteiger partial charge is 0.123 e. The monoisotopic (exact) mass is 234 g/mol. The number of anilines is 1. The molecule has 0 aromatic carbocycles. The van der Waals surface area contributed by atoms with Gasteiger partial charge in [0.15, 0.2) is 0 Å². The zero-order valence-electron chi connectivity index (χ0n) is 10.8. The molecule has 2 N–H and O–H groups in total. The average molecular weight is 234 g/mol. The Morgan fingerprint density at radius 1 is 1.53 bits per heavy atom. The lowest BCUT2D eigenvalue weighted by Gasteiger charge is -2.25. The van der Waals surface area contributed by atoms with Crippen molar-refractivity contribution in [2.75, 3.05) is 32.9 Å². The third-order valence-electron chi connectivity index (χ3n) is 3.49. The van der Waals surface area contributed by atoms with Crippen LogP contribution >= 0.6 is 0 Å². The van der Waals surface area contributed by atoms with Crippen LogP contribution in [0.3, 0.4) is 0 Å². The fraction of sp³-hybridized carbons (Fsp3) is 0.615. The molecule has 0 saturated carbocycles. The van der Waals surface area contributed by atoms with E-state index in [2.05, 4.69) is 34.9 Å². The number of hydrogen-bond donors (Lipinski definition) is 1. The highest BCUT2D eigenvalue weighted by Crippen LogP contribution is 2.16. The van der Waals surface area contributed by atoms with Gasteiger partial charge >= 0.3 is 0 Å². The first-order valence-corrected chi connectivity index (χ1v) is 6.24. The van der Waals surface area contributed by atoms with E-state index in [1.165, 1.54) is 24.9 Å². The zero-order valence-corrected chi connectivity index (χ0v) is 10.8. The van der Waals surface area contributed by atoms with Gasteiger partial charge in [0, 0.05) is 25.3 Å². The van der Waals surface area contributed by atoms with E-state index in [0.29, 0.717) is 11.9 Å². The highest BCUT2D eigenvalue weighted by molar-refractivity contribution is 5.29. The third kappa shape index (κ3) is 3.41. The van der Waals surface area contributed by atoms with E-state index in [1.807, 2.05) is 12.3 Å². The molecular weight excluding hydrogens is 212 g/mol. The number of nitrogen functional groups attached to an aromatic ring is 1. The van der Waals surface area contributed by atoms with Gasteiger partial charge in [-0.25, -0.2) is 4.98 Å². The third-order valence-corrected chi connectivity index (χ3v) is 3.49. The lowest BCUT2D eigenvalue weighted by atomic mass is 10.2. The van der Waals surface area contributed by atoms with Crippen LogP contribution in [0.15, 0.2) is 18.3 Å². The van der Waals surface area contributed by atoms with Crippen LogP contribution in [0.1, 0.15) is 18.4 Å². The van der Waals surface area contributed by atoms with Gasteiger partial charge in [-0.2, -0.15) is 0 Å². The molecule has 0 spiro atoms. The summed E-state index contributed by atoms with van der Waals surface area (Å²) in [7, 11) is 4.39. The number of pyridine rings is 1. The lowest BCUT2D eigenvalue weighted by molar-refractivity contribution is 0.215. The summed E-state index contributed by atoms with van der Waals surface area (Å²) < 4.78 is 0. The first kappa shape index (κ1) is 12.3. The van der Waals surface area contributed by atoms with Crippen LogP contribution < -0.4 is 5.73 Å². The maximum Gasteiger partial charge on any atom is 0.123 e. The van der Waals surface area contributed by atoms with E-state index in [9.17, 15) is 0 Å². The summed E-state index contributed by atoms with van der Waals surface area (Å²) >= 11 is 0. The van der Waals surface area contributed by atoms with E-state index in [-0.39, 0.29) is 0 Å². The molecule has 1 aromatic rings. The number of nitrogens with two attached hydrogens (primary N) is 1. The second-order valence-corrected chi connectivity index (χ2v) is 5.06. The van der Waals surface area contributed by atoms with Crippen LogP contribution in [0.5, 0.6) is 0 Å². The predicted molar refractivity (Wildman–Crippen MR) is 70.6 cm³/mol. The molecule has 4 heteroatoms. The van der Waals surface area contributed by atoms with Gasteiger partial charge in [-0.05, 0) is 45.1 Å². The van der Waals surface area contributed by atoms with Crippen molar-refractivity contribution in [2.45, 2.75) is 25.4 Å². The van der Waals surface area contributed by atoms with Crippen LogP contribution in [0, 0.1) is 0 Å². The van der Waals surface area contributed by atoms with Crippen molar-refractivity contribution >= 4 is 5.82 Å². The van der Waals surface area contributed by atoms with Gasteiger partial charge in [0.05, 0.1) is 0 Å². The van der Waals surface area contributed by atoms with Crippen LogP contribution in [-0.4, -0.2) is 48.0 Å². The van der Waals surface area contributed by atoms with E-state index >= 15 is 0 Å². The summed E-state index contributed by atoms with van der Waals surface area (Å²) in [4.78, 5) is 8.94. The molecule has 1 aromatic heterocycles. The number of aromatic nitrogens is 1. The van der Waals surface area contributed by atoms with Crippen molar-refractivity contribution in [3.63, 3.8) is 0 Å². The van der Waals surface area contributed by atoms with Gasteiger partial charge in [0.25, 0.3) is 0 Å². The van der Waals surface area contributed by atoms with E-state index in [0.717, 1.165) is 13.1 Å². The molecule has 1 aliphatic heterocycles. The standard InChI is InChI=1S/C13H22N4/c1-16(10-12-4-3-7-17(12)2)9-11-5-6-13(14)15-8-11/h5-6,8,12H,3-4,7,9-10H2,1-2H3,(H2,14,15). The molecule has 0 aliphatic carbocycles. The van der Waals surface area contributed by atoms with Crippen LogP contribution in [-0.2, 0) is 6.54 Å². The highest BCUT2D eigenvalue weighted by Gasteiger charge is 2.21. The first-order chi connectivity index (χ1) is 8.15. The van der Waals surface area contributed by atoms with E-state index < -0.39 is 0 Å². The topological polar surface area (TPSA) is 45.4 Å². The summed E-state index contributed by atoms with van der Waals surface area (Å²) in [6.45, 7) is 3.31. The van der Waals surface area contributed by atoms with Crippen LogP contribution in [0.2, 0.25) is 0 Å². The van der Waals surface area contributed by atoms with Gasteiger partial charge in [-0.1, -0.05) is 6.07 Å².